The molecule has 2 N–H and O–H groups in total. The SMILES string of the molecule is CN=C(NCCc1ccncc1C)NC(C)c1ccc(Cl)c(Cl)c1.I. The van der Waals surface area contributed by atoms with Crippen LogP contribution in [0.5, 0.6) is 0 Å². The molecule has 1 unspecified atom stereocenters. The van der Waals surface area contributed by atoms with E-state index in [9.17, 15) is 0 Å². The molecule has 0 bridgehead atoms. The Kier molecular flexibility index (Phi) is 9.53. The third-order valence-electron chi connectivity index (χ3n) is 3.84. The molecule has 0 saturated carbocycles. The molecule has 0 amide bonds. The van der Waals surface area contributed by atoms with Crippen molar-refractivity contribution in [1.29, 1.82) is 0 Å². The summed E-state index contributed by atoms with van der Waals surface area (Å²) in [6.07, 6.45) is 4.62. The number of guanidine groups is 1. The molecule has 0 spiro atoms. The van der Waals surface area contributed by atoms with Crippen molar-refractivity contribution in [1.82, 2.24) is 15.6 Å². The van der Waals surface area contributed by atoms with Crippen molar-refractivity contribution in [2.45, 2.75) is 26.3 Å². The summed E-state index contributed by atoms with van der Waals surface area (Å²) >= 11 is 12.0. The lowest BCUT2D eigenvalue weighted by Gasteiger charge is -2.19. The van der Waals surface area contributed by atoms with Gasteiger partial charge >= 0.3 is 0 Å². The predicted molar refractivity (Wildman–Crippen MR) is 117 cm³/mol. The first-order chi connectivity index (χ1) is 11.5. The molecule has 2 rings (SSSR count). The first-order valence-corrected chi connectivity index (χ1v) is 8.58. The molecule has 0 fully saturated rings. The molecule has 1 heterocycles. The maximum absolute atomic E-state index is 6.08. The van der Waals surface area contributed by atoms with Crippen molar-refractivity contribution < 1.29 is 0 Å². The Hall–Kier alpha value is -1.05. The molecule has 4 nitrogen and oxygen atoms in total. The fourth-order valence-electron chi connectivity index (χ4n) is 2.36. The van der Waals surface area contributed by atoms with Crippen LogP contribution in [0.4, 0.5) is 0 Å². The Bertz CT molecular complexity index is 722. The normalized spacial score (nSPS) is 12.3. The van der Waals surface area contributed by atoms with Gasteiger partial charge in [-0.25, -0.2) is 0 Å². The van der Waals surface area contributed by atoms with Crippen molar-refractivity contribution in [3.05, 3.63) is 63.4 Å². The highest BCUT2D eigenvalue weighted by Gasteiger charge is 2.09. The Morgan fingerprint density at radius 1 is 1.24 bits per heavy atom. The zero-order valence-corrected chi connectivity index (χ0v) is 18.4. The molecule has 0 aliphatic rings. The zero-order valence-electron chi connectivity index (χ0n) is 14.5. The van der Waals surface area contributed by atoms with Gasteiger partial charge in [-0.15, -0.1) is 24.0 Å². The van der Waals surface area contributed by atoms with Crippen LogP contribution in [0.25, 0.3) is 0 Å². The van der Waals surface area contributed by atoms with Crippen LogP contribution >= 0.6 is 47.2 Å². The van der Waals surface area contributed by atoms with Gasteiger partial charge in [-0.1, -0.05) is 29.3 Å². The van der Waals surface area contributed by atoms with E-state index in [2.05, 4.69) is 34.5 Å². The summed E-state index contributed by atoms with van der Waals surface area (Å²) < 4.78 is 0. The van der Waals surface area contributed by atoms with Crippen LogP contribution in [-0.2, 0) is 6.42 Å². The van der Waals surface area contributed by atoms with E-state index in [1.165, 1.54) is 11.1 Å². The standard InChI is InChI=1S/C18H22Cl2N4.HI/c1-12-11-22-8-6-14(12)7-9-23-18(21-3)24-13(2)15-4-5-16(19)17(20)10-15;/h4-6,8,10-11,13H,7,9H2,1-3H3,(H2,21,23,24);1H. The molecule has 7 heteroatoms. The van der Waals surface area contributed by atoms with Crippen LogP contribution in [0.15, 0.2) is 41.7 Å². The smallest absolute Gasteiger partial charge is 0.191 e. The number of hydrogen-bond acceptors (Lipinski definition) is 2. The van der Waals surface area contributed by atoms with Crippen molar-refractivity contribution in [3.8, 4) is 0 Å². The van der Waals surface area contributed by atoms with Gasteiger partial charge in [0.05, 0.1) is 16.1 Å². The lowest BCUT2D eigenvalue weighted by atomic mass is 10.1. The number of aliphatic imine (C=N–C) groups is 1. The second-order valence-corrected chi connectivity index (χ2v) is 6.41. The Balaban J connectivity index is 0.00000312. The van der Waals surface area contributed by atoms with Crippen LogP contribution in [0.3, 0.4) is 0 Å². The largest absolute Gasteiger partial charge is 0.356 e. The number of rotatable bonds is 5. The Morgan fingerprint density at radius 3 is 2.64 bits per heavy atom. The van der Waals surface area contributed by atoms with Crippen molar-refractivity contribution in [2.24, 2.45) is 4.99 Å². The molecule has 0 saturated heterocycles. The fraction of sp³-hybridized carbons (Fsp3) is 0.333. The van der Waals surface area contributed by atoms with Gasteiger partial charge in [0.1, 0.15) is 0 Å². The molecule has 1 atom stereocenters. The van der Waals surface area contributed by atoms with E-state index in [-0.39, 0.29) is 30.0 Å². The number of nitrogens with zero attached hydrogens (tertiary/aromatic N) is 2. The lowest BCUT2D eigenvalue weighted by Crippen LogP contribution is -2.39. The van der Waals surface area contributed by atoms with Crippen LogP contribution in [-0.4, -0.2) is 24.5 Å². The molecule has 1 aromatic heterocycles. The molecule has 0 radical (unpaired) electrons. The van der Waals surface area contributed by atoms with E-state index in [0.717, 1.165) is 24.5 Å². The first-order valence-electron chi connectivity index (χ1n) is 7.83. The molecular weight excluding hydrogens is 470 g/mol. The summed E-state index contributed by atoms with van der Waals surface area (Å²) in [5.41, 5.74) is 3.54. The molecule has 0 aliphatic heterocycles. The molecule has 0 aliphatic carbocycles. The van der Waals surface area contributed by atoms with E-state index in [1.807, 2.05) is 30.6 Å². The van der Waals surface area contributed by atoms with Crippen molar-refractivity contribution >= 4 is 53.1 Å². The number of aromatic nitrogens is 1. The minimum Gasteiger partial charge on any atom is -0.356 e. The number of benzene rings is 1. The minimum absolute atomic E-state index is 0. The van der Waals surface area contributed by atoms with Crippen LogP contribution < -0.4 is 10.6 Å². The minimum atomic E-state index is 0. The lowest BCUT2D eigenvalue weighted by molar-refractivity contribution is 0.684. The summed E-state index contributed by atoms with van der Waals surface area (Å²) in [7, 11) is 1.76. The Labute approximate surface area is 176 Å². The zero-order chi connectivity index (χ0) is 17.5. The van der Waals surface area contributed by atoms with Gasteiger partial charge in [0.15, 0.2) is 5.96 Å². The monoisotopic (exact) mass is 492 g/mol. The molecular formula is C18H23Cl2IN4. The molecule has 1 aromatic carbocycles. The number of hydrogen-bond donors (Lipinski definition) is 2. The van der Waals surface area contributed by atoms with E-state index in [0.29, 0.717) is 10.0 Å². The summed E-state index contributed by atoms with van der Waals surface area (Å²) in [6, 6.07) is 7.74. The van der Waals surface area contributed by atoms with E-state index >= 15 is 0 Å². The summed E-state index contributed by atoms with van der Waals surface area (Å²) in [4.78, 5) is 8.38. The van der Waals surface area contributed by atoms with Crippen molar-refractivity contribution in [2.75, 3.05) is 13.6 Å². The van der Waals surface area contributed by atoms with Gasteiger partial charge in [0, 0.05) is 26.0 Å². The van der Waals surface area contributed by atoms with Crippen molar-refractivity contribution in [3.63, 3.8) is 0 Å². The summed E-state index contributed by atoms with van der Waals surface area (Å²) in [5.74, 6) is 0.750. The number of pyridine rings is 1. The summed E-state index contributed by atoms with van der Waals surface area (Å²) in [5, 5.41) is 7.80. The van der Waals surface area contributed by atoms with E-state index in [1.54, 1.807) is 13.1 Å². The first kappa shape index (κ1) is 22.0. The predicted octanol–water partition coefficient (Wildman–Crippen LogP) is 4.78. The van der Waals surface area contributed by atoms with Gasteiger partial charge in [0.25, 0.3) is 0 Å². The number of nitrogens with one attached hydrogen (secondary N) is 2. The number of halogens is 3. The molecule has 2 aromatic rings. The number of aryl methyl sites for hydroxylation is 1. The van der Waals surface area contributed by atoms with Gasteiger partial charge in [-0.3, -0.25) is 9.98 Å². The molecule has 25 heavy (non-hydrogen) atoms. The highest BCUT2D eigenvalue weighted by Crippen LogP contribution is 2.25. The van der Waals surface area contributed by atoms with Gasteiger partial charge in [-0.2, -0.15) is 0 Å². The highest BCUT2D eigenvalue weighted by atomic mass is 127. The third kappa shape index (κ3) is 6.64. The maximum Gasteiger partial charge on any atom is 0.191 e. The quantitative estimate of drug-likeness (QED) is 0.358. The van der Waals surface area contributed by atoms with Crippen LogP contribution in [0.1, 0.15) is 29.7 Å². The van der Waals surface area contributed by atoms with Crippen LogP contribution in [0, 0.1) is 6.92 Å². The average Bonchev–Trinajstić information content (AvgIpc) is 2.57. The van der Waals surface area contributed by atoms with Crippen LogP contribution in [0.2, 0.25) is 10.0 Å². The third-order valence-corrected chi connectivity index (χ3v) is 4.58. The highest BCUT2D eigenvalue weighted by molar-refractivity contribution is 14.0. The second kappa shape index (κ2) is 10.8. The van der Waals surface area contributed by atoms with Gasteiger partial charge in [0.2, 0.25) is 0 Å². The van der Waals surface area contributed by atoms with Gasteiger partial charge < -0.3 is 10.6 Å². The topological polar surface area (TPSA) is 49.3 Å². The van der Waals surface area contributed by atoms with E-state index in [4.69, 9.17) is 23.2 Å². The Morgan fingerprint density at radius 2 is 2.00 bits per heavy atom. The molecule has 136 valence electrons. The van der Waals surface area contributed by atoms with Gasteiger partial charge in [-0.05, 0) is 55.2 Å². The maximum atomic E-state index is 6.08. The summed E-state index contributed by atoms with van der Waals surface area (Å²) in [6.45, 7) is 4.92. The average molecular weight is 493 g/mol. The fourth-order valence-corrected chi connectivity index (χ4v) is 2.67. The second-order valence-electron chi connectivity index (χ2n) is 5.59. The van der Waals surface area contributed by atoms with E-state index < -0.39 is 0 Å².